The minimum absolute atomic E-state index is 0.151. The summed E-state index contributed by atoms with van der Waals surface area (Å²) in [4.78, 5) is 11.5. The number of ether oxygens (including phenoxy) is 3. The van der Waals surface area contributed by atoms with E-state index >= 15 is 0 Å². The van der Waals surface area contributed by atoms with Crippen molar-refractivity contribution in [2.24, 2.45) is 0 Å². The third kappa shape index (κ3) is 3.08. The summed E-state index contributed by atoms with van der Waals surface area (Å²) in [5.74, 6) is 0.214. The lowest BCUT2D eigenvalue weighted by molar-refractivity contribution is -0.0855. The Labute approximate surface area is 127 Å². The van der Waals surface area contributed by atoms with Gasteiger partial charge in [0.25, 0.3) is 0 Å². The average molecular weight is 306 g/mol. The first-order valence-corrected chi connectivity index (χ1v) is 7.14. The van der Waals surface area contributed by atoms with E-state index < -0.39 is 11.6 Å². The number of carbonyl (C=O) groups excluding carboxylic acids is 1. The number of hydrogen-bond acceptors (Lipinski definition) is 6. The molecule has 1 aliphatic rings. The third-order valence-electron chi connectivity index (χ3n) is 3.81. The standard InChI is InChI=1S/C16H18O6/c1-19-15(17)14-8-11-2-3-12(9-13(11)22-14)21-10-16(18)4-6-20-7-5-16/h2-3,8-9,18H,4-7,10H2,1H3. The van der Waals surface area contributed by atoms with Crippen LogP contribution in [-0.4, -0.2) is 43.6 Å². The number of aliphatic hydroxyl groups is 1. The van der Waals surface area contributed by atoms with Gasteiger partial charge >= 0.3 is 5.97 Å². The second kappa shape index (κ2) is 5.98. The van der Waals surface area contributed by atoms with Gasteiger partial charge in [-0.05, 0) is 18.2 Å². The molecule has 0 amide bonds. The number of esters is 1. The minimum atomic E-state index is -0.854. The maximum atomic E-state index is 11.5. The van der Waals surface area contributed by atoms with Crippen molar-refractivity contribution >= 4 is 16.9 Å². The van der Waals surface area contributed by atoms with E-state index in [2.05, 4.69) is 4.74 Å². The Morgan fingerprint density at radius 1 is 1.32 bits per heavy atom. The molecule has 2 aromatic rings. The molecule has 1 N–H and O–H groups in total. The van der Waals surface area contributed by atoms with Gasteiger partial charge in [0.2, 0.25) is 5.76 Å². The zero-order valence-corrected chi connectivity index (χ0v) is 12.3. The fourth-order valence-electron chi connectivity index (χ4n) is 2.42. The van der Waals surface area contributed by atoms with Gasteiger partial charge in [-0.25, -0.2) is 4.79 Å². The molecule has 0 radical (unpaired) electrons. The third-order valence-corrected chi connectivity index (χ3v) is 3.81. The Bertz CT molecular complexity index is 668. The van der Waals surface area contributed by atoms with Crippen molar-refractivity contribution in [1.29, 1.82) is 0 Å². The van der Waals surface area contributed by atoms with E-state index in [0.29, 0.717) is 37.4 Å². The highest BCUT2D eigenvalue weighted by Crippen LogP contribution is 2.27. The summed E-state index contributed by atoms with van der Waals surface area (Å²) in [6.07, 6.45) is 1.12. The van der Waals surface area contributed by atoms with Crippen LogP contribution in [0.4, 0.5) is 0 Å². The van der Waals surface area contributed by atoms with Crippen LogP contribution in [0.25, 0.3) is 11.0 Å². The molecule has 0 bridgehead atoms. The van der Waals surface area contributed by atoms with Gasteiger partial charge in [0.15, 0.2) is 0 Å². The molecule has 1 fully saturated rings. The predicted molar refractivity (Wildman–Crippen MR) is 78.1 cm³/mol. The molecule has 3 rings (SSSR count). The number of rotatable bonds is 4. The lowest BCUT2D eigenvalue weighted by Crippen LogP contribution is -2.41. The summed E-state index contributed by atoms with van der Waals surface area (Å²) in [6, 6.07) is 6.90. The molecular formula is C16H18O6. The van der Waals surface area contributed by atoms with Crippen molar-refractivity contribution in [1.82, 2.24) is 0 Å². The molecule has 0 aliphatic carbocycles. The molecule has 6 heteroatoms. The van der Waals surface area contributed by atoms with Crippen LogP contribution in [0.2, 0.25) is 0 Å². The molecule has 0 spiro atoms. The molecule has 0 unspecified atom stereocenters. The molecule has 1 aromatic heterocycles. The van der Waals surface area contributed by atoms with Crippen LogP contribution in [-0.2, 0) is 9.47 Å². The van der Waals surface area contributed by atoms with E-state index in [-0.39, 0.29) is 12.4 Å². The number of hydrogen-bond donors (Lipinski definition) is 1. The normalized spacial score (nSPS) is 17.4. The first-order chi connectivity index (χ1) is 10.6. The highest BCUT2D eigenvalue weighted by Gasteiger charge is 2.30. The first-order valence-electron chi connectivity index (χ1n) is 7.14. The fraction of sp³-hybridized carbons (Fsp3) is 0.438. The molecule has 22 heavy (non-hydrogen) atoms. The van der Waals surface area contributed by atoms with E-state index in [9.17, 15) is 9.90 Å². The van der Waals surface area contributed by atoms with Crippen LogP contribution in [0, 0.1) is 0 Å². The first kappa shape index (κ1) is 14.9. The summed E-state index contributed by atoms with van der Waals surface area (Å²) in [6.45, 7) is 1.28. The smallest absolute Gasteiger partial charge is 0.373 e. The maximum Gasteiger partial charge on any atom is 0.373 e. The van der Waals surface area contributed by atoms with Crippen LogP contribution in [0.5, 0.6) is 5.75 Å². The Morgan fingerprint density at radius 3 is 2.82 bits per heavy atom. The van der Waals surface area contributed by atoms with Gasteiger partial charge in [-0.2, -0.15) is 0 Å². The van der Waals surface area contributed by atoms with E-state index in [0.717, 1.165) is 5.39 Å². The van der Waals surface area contributed by atoms with Crippen LogP contribution in [0.15, 0.2) is 28.7 Å². The molecule has 2 heterocycles. The number of benzene rings is 1. The fourth-order valence-corrected chi connectivity index (χ4v) is 2.42. The van der Waals surface area contributed by atoms with Crippen molar-refractivity contribution in [2.75, 3.05) is 26.9 Å². The Balaban J connectivity index is 1.73. The quantitative estimate of drug-likeness (QED) is 0.872. The highest BCUT2D eigenvalue weighted by molar-refractivity contribution is 5.92. The van der Waals surface area contributed by atoms with Gasteiger partial charge in [-0.15, -0.1) is 0 Å². The maximum absolute atomic E-state index is 11.5. The van der Waals surface area contributed by atoms with Crippen LogP contribution < -0.4 is 4.74 Å². The molecule has 118 valence electrons. The van der Waals surface area contributed by atoms with Gasteiger partial charge in [0.05, 0.1) is 7.11 Å². The molecule has 1 aromatic carbocycles. The lowest BCUT2D eigenvalue weighted by atomic mass is 9.96. The molecule has 0 saturated carbocycles. The van der Waals surface area contributed by atoms with Crippen molar-refractivity contribution in [2.45, 2.75) is 18.4 Å². The van der Waals surface area contributed by atoms with E-state index in [4.69, 9.17) is 13.9 Å². The van der Waals surface area contributed by atoms with Crippen molar-refractivity contribution in [3.05, 3.63) is 30.0 Å². The minimum Gasteiger partial charge on any atom is -0.490 e. The Kier molecular flexibility index (Phi) is 4.04. The van der Waals surface area contributed by atoms with Crippen molar-refractivity contribution in [3.63, 3.8) is 0 Å². The van der Waals surface area contributed by atoms with Crippen LogP contribution in [0.3, 0.4) is 0 Å². The summed E-state index contributed by atoms with van der Waals surface area (Å²) in [5, 5.41) is 11.2. The van der Waals surface area contributed by atoms with E-state index in [1.54, 1.807) is 24.3 Å². The number of methoxy groups -OCH3 is 1. The zero-order valence-electron chi connectivity index (χ0n) is 12.3. The van der Waals surface area contributed by atoms with Gasteiger partial charge in [-0.1, -0.05) is 0 Å². The number of fused-ring (bicyclic) bond motifs is 1. The van der Waals surface area contributed by atoms with E-state index in [1.807, 2.05) is 0 Å². The summed E-state index contributed by atoms with van der Waals surface area (Å²) < 4.78 is 21.0. The van der Waals surface area contributed by atoms with Gasteiger partial charge in [0, 0.05) is 37.5 Å². The van der Waals surface area contributed by atoms with Crippen LogP contribution >= 0.6 is 0 Å². The van der Waals surface area contributed by atoms with Crippen molar-refractivity contribution in [3.8, 4) is 5.75 Å². The second-order valence-electron chi connectivity index (χ2n) is 5.43. The van der Waals surface area contributed by atoms with E-state index in [1.165, 1.54) is 7.11 Å². The zero-order chi connectivity index (χ0) is 15.6. The van der Waals surface area contributed by atoms with Gasteiger partial charge in [-0.3, -0.25) is 0 Å². The number of carbonyl (C=O) groups is 1. The highest BCUT2D eigenvalue weighted by atomic mass is 16.5. The largest absolute Gasteiger partial charge is 0.490 e. The summed E-state index contributed by atoms with van der Waals surface area (Å²) in [7, 11) is 1.30. The Morgan fingerprint density at radius 2 is 2.09 bits per heavy atom. The van der Waals surface area contributed by atoms with Gasteiger partial charge < -0.3 is 23.7 Å². The van der Waals surface area contributed by atoms with Crippen molar-refractivity contribution < 1.29 is 28.5 Å². The van der Waals surface area contributed by atoms with Gasteiger partial charge in [0.1, 0.15) is 23.5 Å². The lowest BCUT2D eigenvalue weighted by Gasteiger charge is -2.31. The second-order valence-corrected chi connectivity index (χ2v) is 5.43. The average Bonchev–Trinajstić information content (AvgIpc) is 2.96. The van der Waals surface area contributed by atoms with Crippen LogP contribution in [0.1, 0.15) is 23.4 Å². The molecular weight excluding hydrogens is 288 g/mol. The molecule has 1 aliphatic heterocycles. The summed E-state index contributed by atoms with van der Waals surface area (Å²) >= 11 is 0. The molecule has 6 nitrogen and oxygen atoms in total. The molecule has 1 saturated heterocycles. The predicted octanol–water partition coefficient (Wildman–Crippen LogP) is 2.14. The SMILES string of the molecule is COC(=O)c1cc2ccc(OCC3(O)CCOCC3)cc2o1. The number of furan rings is 1. The molecule has 0 atom stereocenters. The monoisotopic (exact) mass is 306 g/mol. The topological polar surface area (TPSA) is 78.1 Å². The summed E-state index contributed by atoms with van der Waals surface area (Å²) in [5.41, 5.74) is -0.315. The Hall–Kier alpha value is -2.05.